The Morgan fingerprint density at radius 2 is 2.22 bits per heavy atom. The average Bonchev–Trinajstić information content (AvgIpc) is 2.41. The molecule has 0 radical (unpaired) electrons. The second kappa shape index (κ2) is 5.93. The average molecular weight is 311 g/mol. The third kappa shape index (κ3) is 3.05. The monoisotopic (exact) mass is 310 g/mol. The quantitative estimate of drug-likeness (QED) is 0.944. The summed E-state index contributed by atoms with van der Waals surface area (Å²) in [7, 11) is 0. The normalized spacial score (nSPS) is 12.2. The van der Waals surface area contributed by atoms with Crippen molar-refractivity contribution in [1.29, 1.82) is 0 Å². The number of ether oxygens (including phenoxy) is 1. The van der Waals surface area contributed by atoms with Gasteiger partial charge in [-0.1, -0.05) is 6.07 Å². The van der Waals surface area contributed by atoms with E-state index < -0.39 is 0 Å². The van der Waals surface area contributed by atoms with Gasteiger partial charge in [-0.15, -0.1) is 0 Å². The lowest BCUT2D eigenvalue weighted by atomic mass is 10.1. The zero-order chi connectivity index (χ0) is 13.0. The van der Waals surface area contributed by atoms with E-state index in [0.29, 0.717) is 16.8 Å². The van der Waals surface area contributed by atoms with Crippen LogP contribution >= 0.6 is 15.9 Å². The minimum absolute atomic E-state index is 0.295. The molecular formula is C13H12BrFN2O. The molecule has 1 atom stereocenters. The van der Waals surface area contributed by atoms with E-state index in [9.17, 15) is 4.39 Å². The Balaban J connectivity index is 2.18. The SMILES string of the molecule is NCC(Oc1ccc(Br)c(F)c1)c1cccnc1. The highest BCUT2D eigenvalue weighted by Crippen LogP contribution is 2.25. The van der Waals surface area contributed by atoms with E-state index in [1.807, 2.05) is 12.1 Å². The number of hydrogen-bond donors (Lipinski definition) is 1. The second-order valence-corrected chi connectivity index (χ2v) is 4.56. The van der Waals surface area contributed by atoms with Gasteiger partial charge in [0, 0.05) is 30.6 Å². The van der Waals surface area contributed by atoms with Gasteiger partial charge in [-0.2, -0.15) is 0 Å². The number of aromatic nitrogens is 1. The maximum absolute atomic E-state index is 13.4. The molecule has 0 aliphatic rings. The Kier molecular flexibility index (Phi) is 4.28. The number of pyridine rings is 1. The van der Waals surface area contributed by atoms with Gasteiger partial charge in [0.15, 0.2) is 0 Å². The summed E-state index contributed by atoms with van der Waals surface area (Å²) in [5, 5.41) is 0. The fourth-order valence-corrected chi connectivity index (χ4v) is 1.78. The summed E-state index contributed by atoms with van der Waals surface area (Å²) in [6.07, 6.45) is 3.03. The lowest BCUT2D eigenvalue weighted by Crippen LogP contribution is -2.18. The maximum atomic E-state index is 13.4. The van der Waals surface area contributed by atoms with Crippen molar-refractivity contribution in [1.82, 2.24) is 4.98 Å². The summed E-state index contributed by atoms with van der Waals surface area (Å²) >= 11 is 3.09. The lowest BCUT2D eigenvalue weighted by Gasteiger charge is -2.17. The molecule has 0 aliphatic heterocycles. The van der Waals surface area contributed by atoms with Crippen LogP contribution < -0.4 is 10.5 Å². The van der Waals surface area contributed by atoms with Gasteiger partial charge in [0.1, 0.15) is 17.7 Å². The second-order valence-electron chi connectivity index (χ2n) is 3.70. The molecule has 2 aromatic rings. The van der Waals surface area contributed by atoms with Crippen LogP contribution in [0, 0.1) is 5.82 Å². The van der Waals surface area contributed by atoms with E-state index in [2.05, 4.69) is 20.9 Å². The molecule has 1 aromatic carbocycles. The highest BCUT2D eigenvalue weighted by atomic mass is 79.9. The van der Waals surface area contributed by atoms with E-state index >= 15 is 0 Å². The Morgan fingerprint density at radius 3 is 2.83 bits per heavy atom. The molecule has 94 valence electrons. The summed E-state index contributed by atoms with van der Waals surface area (Å²) in [6, 6.07) is 8.29. The first kappa shape index (κ1) is 13.0. The smallest absolute Gasteiger partial charge is 0.141 e. The summed E-state index contributed by atoms with van der Waals surface area (Å²) in [5.41, 5.74) is 6.53. The van der Waals surface area contributed by atoms with E-state index in [4.69, 9.17) is 10.5 Å². The van der Waals surface area contributed by atoms with Crippen molar-refractivity contribution in [2.45, 2.75) is 6.10 Å². The van der Waals surface area contributed by atoms with Gasteiger partial charge in [-0.05, 0) is 34.1 Å². The zero-order valence-electron chi connectivity index (χ0n) is 9.51. The van der Waals surface area contributed by atoms with Crippen LogP contribution in [0.4, 0.5) is 4.39 Å². The van der Waals surface area contributed by atoms with Crippen LogP contribution in [0.25, 0.3) is 0 Å². The van der Waals surface area contributed by atoms with Crippen LogP contribution in [-0.4, -0.2) is 11.5 Å². The van der Waals surface area contributed by atoms with Crippen LogP contribution in [0.15, 0.2) is 47.2 Å². The third-order valence-electron chi connectivity index (χ3n) is 2.44. The van der Waals surface area contributed by atoms with Crippen molar-refractivity contribution in [2.75, 3.05) is 6.54 Å². The lowest BCUT2D eigenvalue weighted by molar-refractivity contribution is 0.213. The van der Waals surface area contributed by atoms with Gasteiger partial charge in [-0.25, -0.2) is 4.39 Å². The molecule has 2 N–H and O–H groups in total. The van der Waals surface area contributed by atoms with Crippen molar-refractivity contribution in [2.24, 2.45) is 5.73 Å². The molecule has 0 bridgehead atoms. The molecule has 1 heterocycles. The summed E-state index contributed by atoms with van der Waals surface area (Å²) in [5.74, 6) is 0.0736. The first-order valence-corrected chi connectivity index (χ1v) is 6.21. The van der Waals surface area contributed by atoms with Gasteiger partial charge >= 0.3 is 0 Å². The predicted octanol–water partition coefficient (Wildman–Crippen LogP) is 3.06. The molecule has 0 fully saturated rings. The van der Waals surface area contributed by atoms with Crippen molar-refractivity contribution < 1.29 is 9.13 Å². The van der Waals surface area contributed by atoms with Crippen LogP contribution in [0.1, 0.15) is 11.7 Å². The summed E-state index contributed by atoms with van der Waals surface area (Å²) in [4.78, 5) is 4.01. The molecule has 0 saturated carbocycles. The van der Waals surface area contributed by atoms with Crippen molar-refractivity contribution in [3.8, 4) is 5.75 Å². The maximum Gasteiger partial charge on any atom is 0.141 e. The van der Waals surface area contributed by atoms with E-state index in [1.54, 1.807) is 24.5 Å². The molecule has 2 rings (SSSR count). The van der Waals surface area contributed by atoms with Crippen molar-refractivity contribution >= 4 is 15.9 Å². The highest BCUT2D eigenvalue weighted by molar-refractivity contribution is 9.10. The molecule has 5 heteroatoms. The fraction of sp³-hybridized carbons (Fsp3) is 0.154. The molecular weight excluding hydrogens is 299 g/mol. The zero-order valence-corrected chi connectivity index (χ0v) is 11.1. The largest absolute Gasteiger partial charge is 0.484 e. The first-order chi connectivity index (χ1) is 8.70. The topological polar surface area (TPSA) is 48.1 Å². The molecule has 0 aliphatic carbocycles. The van der Waals surface area contributed by atoms with Crippen LogP contribution in [0.3, 0.4) is 0 Å². The number of halogens is 2. The van der Waals surface area contributed by atoms with Crippen LogP contribution in [0.5, 0.6) is 5.75 Å². The molecule has 3 nitrogen and oxygen atoms in total. The van der Waals surface area contributed by atoms with Crippen molar-refractivity contribution in [3.05, 3.63) is 58.6 Å². The molecule has 0 amide bonds. The standard InChI is InChI=1S/C13H12BrFN2O/c14-11-4-3-10(6-12(11)15)18-13(7-16)9-2-1-5-17-8-9/h1-6,8,13H,7,16H2. The third-order valence-corrected chi connectivity index (χ3v) is 3.08. The summed E-state index contributed by atoms with van der Waals surface area (Å²) in [6.45, 7) is 0.295. The minimum Gasteiger partial charge on any atom is -0.484 e. The van der Waals surface area contributed by atoms with Gasteiger partial charge in [0.05, 0.1) is 4.47 Å². The van der Waals surface area contributed by atoms with Crippen molar-refractivity contribution in [3.63, 3.8) is 0 Å². The van der Waals surface area contributed by atoms with Gasteiger partial charge in [0.25, 0.3) is 0 Å². The number of nitrogens with zero attached hydrogens (tertiary/aromatic N) is 1. The minimum atomic E-state index is -0.366. The Morgan fingerprint density at radius 1 is 1.39 bits per heavy atom. The number of hydrogen-bond acceptors (Lipinski definition) is 3. The molecule has 18 heavy (non-hydrogen) atoms. The Bertz CT molecular complexity index is 522. The molecule has 1 unspecified atom stereocenters. The summed E-state index contributed by atoms with van der Waals surface area (Å²) < 4.78 is 19.4. The molecule has 1 aromatic heterocycles. The van der Waals surface area contributed by atoms with E-state index in [-0.39, 0.29) is 11.9 Å². The van der Waals surface area contributed by atoms with E-state index in [1.165, 1.54) is 6.07 Å². The predicted molar refractivity (Wildman–Crippen MR) is 70.8 cm³/mol. The molecule has 0 saturated heterocycles. The van der Waals surface area contributed by atoms with E-state index in [0.717, 1.165) is 5.56 Å². The Labute approximate surface area is 113 Å². The molecule has 0 spiro atoms. The fourth-order valence-electron chi connectivity index (χ4n) is 1.53. The number of rotatable bonds is 4. The van der Waals surface area contributed by atoms with Crippen LogP contribution in [-0.2, 0) is 0 Å². The number of nitrogens with two attached hydrogens (primary N) is 1. The number of benzene rings is 1. The Hall–Kier alpha value is -1.46. The van der Waals surface area contributed by atoms with Crippen LogP contribution in [0.2, 0.25) is 0 Å². The first-order valence-electron chi connectivity index (χ1n) is 5.42. The van der Waals surface area contributed by atoms with Gasteiger partial charge < -0.3 is 10.5 Å². The van der Waals surface area contributed by atoms with Gasteiger partial charge in [-0.3, -0.25) is 4.98 Å². The van der Waals surface area contributed by atoms with Gasteiger partial charge in [0.2, 0.25) is 0 Å². The highest BCUT2D eigenvalue weighted by Gasteiger charge is 2.12.